The Morgan fingerprint density at radius 2 is 2.00 bits per heavy atom. The van der Waals surface area contributed by atoms with E-state index < -0.39 is 6.04 Å². The lowest BCUT2D eigenvalue weighted by atomic mass is 9.84. The van der Waals surface area contributed by atoms with Gasteiger partial charge in [0.15, 0.2) is 0 Å². The van der Waals surface area contributed by atoms with Crippen molar-refractivity contribution in [1.82, 2.24) is 5.32 Å². The number of fused-ring (bicyclic) bond motifs is 1. The highest BCUT2D eigenvalue weighted by Gasteiger charge is 2.24. The third-order valence-corrected chi connectivity index (χ3v) is 6.04. The summed E-state index contributed by atoms with van der Waals surface area (Å²) in [6.45, 7) is 2.62. The minimum Gasteiger partial charge on any atom is -0.349 e. The number of benzene rings is 1. The quantitative estimate of drug-likeness (QED) is 0.709. The molecule has 152 valence electrons. The zero-order valence-electron chi connectivity index (χ0n) is 16.9. The molecule has 1 aliphatic heterocycles. The summed E-state index contributed by atoms with van der Waals surface area (Å²) in [7, 11) is 0. The van der Waals surface area contributed by atoms with E-state index in [1.165, 1.54) is 37.7 Å². The number of hydrogen-bond acceptors (Lipinski definition) is 3. The number of para-hydroxylation sites is 1. The molecule has 0 saturated heterocycles. The van der Waals surface area contributed by atoms with E-state index in [1.54, 1.807) is 6.08 Å². The average molecular weight is 384 g/mol. The fourth-order valence-corrected chi connectivity index (χ4v) is 4.30. The second-order valence-electron chi connectivity index (χ2n) is 8.10. The minimum absolute atomic E-state index is 0.0207. The van der Waals surface area contributed by atoms with Crippen LogP contribution in [0.25, 0.3) is 0 Å². The second-order valence-corrected chi connectivity index (χ2v) is 8.10. The molecule has 0 radical (unpaired) electrons. The molecule has 1 aliphatic carbocycles. The predicted molar refractivity (Wildman–Crippen MR) is 113 cm³/mol. The smallest absolute Gasteiger partial charge is 0.250 e. The first-order chi connectivity index (χ1) is 13.6. The molecule has 2 aliphatic rings. The maximum absolute atomic E-state index is 12.8. The molecule has 1 aromatic rings. The van der Waals surface area contributed by atoms with Crippen molar-refractivity contribution in [3.05, 3.63) is 42.0 Å². The zero-order chi connectivity index (χ0) is 19.9. The molecule has 3 rings (SSSR count). The van der Waals surface area contributed by atoms with Crippen molar-refractivity contribution in [2.75, 3.05) is 11.4 Å². The number of nitrogens with two attached hydrogens (primary N) is 1. The number of nitrogens with zero attached hydrogens (tertiary/aromatic N) is 1. The van der Waals surface area contributed by atoms with Crippen molar-refractivity contribution < 1.29 is 9.59 Å². The van der Waals surface area contributed by atoms with Crippen molar-refractivity contribution in [1.29, 1.82) is 0 Å². The van der Waals surface area contributed by atoms with Gasteiger partial charge in [0.2, 0.25) is 5.91 Å². The summed E-state index contributed by atoms with van der Waals surface area (Å²) in [5.74, 6) is 0.448. The molecule has 28 heavy (non-hydrogen) atoms. The summed E-state index contributed by atoms with van der Waals surface area (Å²) in [4.78, 5) is 26.9. The van der Waals surface area contributed by atoms with Crippen LogP contribution in [0.3, 0.4) is 0 Å². The second kappa shape index (κ2) is 9.87. The van der Waals surface area contributed by atoms with Gasteiger partial charge in [-0.25, -0.2) is 0 Å². The van der Waals surface area contributed by atoms with Gasteiger partial charge in [-0.1, -0.05) is 63.3 Å². The van der Waals surface area contributed by atoms with E-state index in [4.69, 9.17) is 5.73 Å². The highest BCUT2D eigenvalue weighted by atomic mass is 16.2. The van der Waals surface area contributed by atoms with E-state index in [9.17, 15) is 9.59 Å². The molecule has 2 unspecified atom stereocenters. The summed E-state index contributed by atoms with van der Waals surface area (Å²) >= 11 is 0. The van der Waals surface area contributed by atoms with Gasteiger partial charge in [0.25, 0.3) is 5.91 Å². The number of rotatable bonds is 7. The van der Waals surface area contributed by atoms with Gasteiger partial charge < -0.3 is 16.0 Å². The zero-order valence-corrected chi connectivity index (χ0v) is 16.9. The van der Waals surface area contributed by atoms with Crippen molar-refractivity contribution in [2.45, 2.75) is 70.4 Å². The molecular formula is C23H33N3O2. The molecule has 0 spiro atoms. The first-order valence-corrected chi connectivity index (χ1v) is 10.7. The fourth-order valence-electron chi connectivity index (χ4n) is 4.30. The molecular weight excluding hydrogens is 350 g/mol. The van der Waals surface area contributed by atoms with Gasteiger partial charge in [0, 0.05) is 24.4 Å². The molecule has 1 heterocycles. The average Bonchev–Trinajstić information content (AvgIpc) is 3.16. The van der Waals surface area contributed by atoms with Gasteiger partial charge >= 0.3 is 0 Å². The monoisotopic (exact) mass is 383 g/mol. The lowest BCUT2D eigenvalue weighted by Crippen LogP contribution is -2.45. The Kier molecular flexibility index (Phi) is 7.26. The van der Waals surface area contributed by atoms with Gasteiger partial charge in [-0.3, -0.25) is 9.59 Å². The molecule has 1 fully saturated rings. The van der Waals surface area contributed by atoms with Gasteiger partial charge in [0.05, 0.1) is 6.04 Å². The van der Waals surface area contributed by atoms with Crippen LogP contribution in [0.2, 0.25) is 0 Å². The van der Waals surface area contributed by atoms with Gasteiger partial charge in [0.1, 0.15) is 0 Å². The number of anilines is 1. The van der Waals surface area contributed by atoms with Crippen LogP contribution in [-0.2, 0) is 16.0 Å². The minimum atomic E-state index is -0.497. The number of amides is 2. The third-order valence-electron chi connectivity index (χ3n) is 6.04. The number of nitrogens with one attached hydrogen (secondary N) is 1. The Labute approximate surface area is 168 Å². The summed E-state index contributed by atoms with van der Waals surface area (Å²) in [5.41, 5.74) is 8.11. The summed E-state index contributed by atoms with van der Waals surface area (Å²) in [5, 5.41) is 3.06. The van der Waals surface area contributed by atoms with Gasteiger partial charge in [-0.2, -0.15) is 0 Å². The van der Waals surface area contributed by atoms with Crippen LogP contribution in [-0.4, -0.2) is 30.4 Å². The van der Waals surface area contributed by atoms with E-state index in [2.05, 4.69) is 11.4 Å². The standard InChI is InChI=1S/C23H33N3O2/c1-2-20(24)23(28)25-19(16-17-8-4-3-5-9-17)12-13-22(27)26-15-14-18-10-6-7-11-21(18)26/h6-7,10-13,17,19-20H,2-5,8-9,14-16,24H2,1H3,(H,25,28). The molecule has 1 saturated carbocycles. The SMILES string of the molecule is CCC(N)C(=O)NC(C=CC(=O)N1CCc2ccccc21)CC1CCCCC1. The third kappa shape index (κ3) is 5.22. The van der Waals surface area contributed by atoms with E-state index >= 15 is 0 Å². The molecule has 2 atom stereocenters. The fraction of sp³-hybridized carbons (Fsp3) is 0.565. The summed E-state index contributed by atoms with van der Waals surface area (Å²) in [6, 6.07) is 7.40. The van der Waals surface area contributed by atoms with Gasteiger partial charge in [-0.15, -0.1) is 0 Å². The molecule has 2 amide bonds. The number of carbonyl (C=O) groups excluding carboxylic acids is 2. The van der Waals surface area contributed by atoms with Crippen LogP contribution in [0.5, 0.6) is 0 Å². The maximum Gasteiger partial charge on any atom is 0.250 e. The van der Waals surface area contributed by atoms with Crippen LogP contribution in [0.1, 0.15) is 57.4 Å². The molecule has 1 aromatic carbocycles. The van der Waals surface area contributed by atoms with E-state index in [0.29, 0.717) is 18.9 Å². The normalized spacial score (nSPS) is 19.4. The number of hydrogen-bond donors (Lipinski definition) is 2. The predicted octanol–water partition coefficient (Wildman–Crippen LogP) is 3.32. The van der Waals surface area contributed by atoms with Crippen molar-refractivity contribution in [2.24, 2.45) is 11.7 Å². The first-order valence-electron chi connectivity index (χ1n) is 10.7. The van der Waals surface area contributed by atoms with E-state index in [-0.39, 0.29) is 17.9 Å². The lowest BCUT2D eigenvalue weighted by Gasteiger charge is -2.26. The van der Waals surface area contributed by atoms with Crippen LogP contribution >= 0.6 is 0 Å². The van der Waals surface area contributed by atoms with E-state index in [0.717, 1.165) is 18.5 Å². The lowest BCUT2D eigenvalue weighted by molar-refractivity contribution is -0.123. The molecule has 0 bridgehead atoms. The van der Waals surface area contributed by atoms with Crippen LogP contribution in [0.4, 0.5) is 5.69 Å². The largest absolute Gasteiger partial charge is 0.349 e. The van der Waals surface area contributed by atoms with Crippen LogP contribution in [0.15, 0.2) is 36.4 Å². The highest BCUT2D eigenvalue weighted by Crippen LogP contribution is 2.29. The topological polar surface area (TPSA) is 75.4 Å². The Morgan fingerprint density at radius 3 is 2.75 bits per heavy atom. The molecule has 0 aromatic heterocycles. The highest BCUT2D eigenvalue weighted by molar-refractivity contribution is 6.03. The Balaban J connectivity index is 1.66. The van der Waals surface area contributed by atoms with Crippen LogP contribution in [0, 0.1) is 5.92 Å². The summed E-state index contributed by atoms with van der Waals surface area (Å²) in [6.07, 6.45) is 12.1. The Morgan fingerprint density at radius 1 is 1.25 bits per heavy atom. The van der Waals surface area contributed by atoms with Crippen molar-refractivity contribution in [3.8, 4) is 0 Å². The maximum atomic E-state index is 12.8. The molecule has 3 N–H and O–H groups in total. The van der Waals surface area contributed by atoms with E-state index in [1.807, 2.05) is 36.1 Å². The first kappa shape index (κ1) is 20.6. The number of carbonyl (C=O) groups is 2. The van der Waals surface area contributed by atoms with Crippen molar-refractivity contribution >= 4 is 17.5 Å². The molecule has 5 nitrogen and oxygen atoms in total. The Bertz CT molecular complexity index is 710. The molecule has 5 heteroatoms. The summed E-state index contributed by atoms with van der Waals surface area (Å²) < 4.78 is 0. The van der Waals surface area contributed by atoms with Gasteiger partial charge in [-0.05, 0) is 36.8 Å². The van der Waals surface area contributed by atoms with Crippen LogP contribution < -0.4 is 16.0 Å². The van der Waals surface area contributed by atoms with Crippen molar-refractivity contribution in [3.63, 3.8) is 0 Å². The Hall–Kier alpha value is -2.14.